The Labute approximate surface area is 190 Å². The maximum absolute atomic E-state index is 12.5. The van der Waals surface area contributed by atoms with Gasteiger partial charge in [0.2, 0.25) is 6.79 Å². The fourth-order valence-corrected chi connectivity index (χ4v) is 3.91. The van der Waals surface area contributed by atoms with Crippen molar-refractivity contribution in [3.05, 3.63) is 77.4 Å². The Morgan fingerprint density at radius 1 is 1.00 bits per heavy atom. The average Bonchev–Trinajstić information content (AvgIpc) is 3.28. The molecule has 170 valence electrons. The van der Waals surface area contributed by atoms with Crippen LogP contribution in [-0.4, -0.2) is 34.4 Å². The first-order valence-corrected chi connectivity index (χ1v) is 11.2. The van der Waals surface area contributed by atoms with Gasteiger partial charge in [0, 0.05) is 5.56 Å². The first-order valence-electron chi connectivity index (χ1n) is 9.78. The van der Waals surface area contributed by atoms with Gasteiger partial charge in [0.1, 0.15) is 4.90 Å². The van der Waals surface area contributed by atoms with Crippen LogP contribution in [0.1, 0.15) is 21.5 Å². The van der Waals surface area contributed by atoms with Gasteiger partial charge in [-0.15, -0.1) is 0 Å². The lowest BCUT2D eigenvalue weighted by atomic mass is 10.2. The molecular formula is C23H20N2O7S. The van der Waals surface area contributed by atoms with Crippen molar-refractivity contribution >= 4 is 22.2 Å². The first kappa shape index (κ1) is 22.2. The highest BCUT2D eigenvalue weighted by atomic mass is 32.2. The normalized spacial score (nSPS) is 12.5. The van der Waals surface area contributed by atoms with Gasteiger partial charge >= 0.3 is 10.1 Å². The molecule has 0 saturated carbocycles. The number of nitrogens with zero attached hydrogens (tertiary/aromatic N) is 1. The molecule has 3 aromatic carbocycles. The maximum Gasteiger partial charge on any atom is 0.339 e. The van der Waals surface area contributed by atoms with E-state index in [0.29, 0.717) is 22.6 Å². The van der Waals surface area contributed by atoms with Gasteiger partial charge in [0.05, 0.1) is 13.3 Å². The number of carbonyl (C=O) groups excluding carboxylic acids is 1. The van der Waals surface area contributed by atoms with Crippen molar-refractivity contribution in [3.8, 4) is 23.0 Å². The standard InChI is InChI=1S/C23H20N2O7S/c1-15-3-7-18(8-4-15)33(27,28)32-20-9-5-16(11-21(20)29-2)13-24-25-23(26)17-6-10-19-22(12-17)31-14-30-19/h3-13H,14H2,1-2H3,(H,25,26)/b24-13+. The zero-order valence-corrected chi connectivity index (χ0v) is 18.6. The van der Waals surface area contributed by atoms with Crippen LogP contribution < -0.4 is 23.8 Å². The van der Waals surface area contributed by atoms with E-state index in [9.17, 15) is 13.2 Å². The van der Waals surface area contributed by atoms with Crippen molar-refractivity contribution in [1.29, 1.82) is 0 Å². The molecule has 0 atom stereocenters. The number of amides is 1. The van der Waals surface area contributed by atoms with Gasteiger partial charge in [0.25, 0.3) is 5.91 Å². The number of ether oxygens (including phenoxy) is 3. The molecule has 33 heavy (non-hydrogen) atoms. The van der Waals surface area contributed by atoms with E-state index in [0.717, 1.165) is 5.56 Å². The minimum absolute atomic E-state index is 0.0274. The summed E-state index contributed by atoms with van der Waals surface area (Å²) in [6, 6.07) is 15.7. The third kappa shape index (κ3) is 5.07. The fraction of sp³-hybridized carbons (Fsp3) is 0.130. The van der Waals surface area contributed by atoms with Gasteiger partial charge in [-0.2, -0.15) is 13.5 Å². The predicted octanol–water partition coefficient (Wildman–Crippen LogP) is 3.26. The molecule has 0 radical (unpaired) electrons. The Kier molecular flexibility index (Phi) is 6.18. The molecule has 4 rings (SSSR count). The number of hydrazone groups is 1. The zero-order chi connectivity index (χ0) is 23.4. The zero-order valence-electron chi connectivity index (χ0n) is 17.8. The van der Waals surface area contributed by atoms with Crippen molar-refractivity contribution in [2.75, 3.05) is 13.9 Å². The quantitative estimate of drug-likeness (QED) is 0.322. The van der Waals surface area contributed by atoms with Crippen molar-refractivity contribution in [3.63, 3.8) is 0 Å². The summed E-state index contributed by atoms with van der Waals surface area (Å²) in [7, 11) is -2.64. The number of carbonyl (C=O) groups is 1. The third-order valence-corrected chi connectivity index (χ3v) is 5.96. The number of fused-ring (bicyclic) bond motifs is 1. The van der Waals surface area contributed by atoms with E-state index in [2.05, 4.69) is 10.5 Å². The number of methoxy groups -OCH3 is 1. The molecule has 0 bridgehead atoms. The van der Waals surface area contributed by atoms with Crippen LogP contribution in [0.2, 0.25) is 0 Å². The lowest BCUT2D eigenvalue weighted by Gasteiger charge is -2.11. The molecule has 1 heterocycles. The summed E-state index contributed by atoms with van der Waals surface area (Å²) in [5.41, 5.74) is 4.27. The molecule has 0 fully saturated rings. The molecule has 3 aromatic rings. The van der Waals surface area contributed by atoms with Crippen LogP contribution in [-0.2, 0) is 10.1 Å². The smallest absolute Gasteiger partial charge is 0.339 e. The minimum Gasteiger partial charge on any atom is -0.493 e. The highest BCUT2D eigenvalue weighted by molar-refractivity contribution is 7.87. The SMILES string of the molecule is COc1cc(/C=N/NC(=O)c2ccc3c(c2)OCO3)ccc1OS(=O)(=O)c1ccc(C)cc1. The lowest BCUT2D eigenvalue weighted by Crippen LogP contribution is -2.17. The molecule has 1 amide bonds. The average molecular weight is 468 g/mol. The number of rotatable bonds is 7. The van der Waals surface area contributed by atoms with E-state index in [-0.39, 0.29) is 23.2 Å². The van der Waals surface area contributed by atoms with E-state index in [1.165, 1.54) is 37.6 Å². The molecule has 1 aliphatic rings. The lowest BCUT2D eigenvalue weighted by molar-refractivity contribution is 0.0954. The maximum atomic E-state index is 12.5. The molecule has 10 heteroatoms. The molecule has 1 aliphatic heterocycles. The van der Waals surface area contributed by atoms with Crippen molar-refractivity contribution in [2.45, 2.75) is 11.8 Å². The second kappa shape index (κ2) is 9.21. The second-order valence-electron chi connectivity index (χ2n) is 7.03. The number of nitrogens with one attached hydrogen (secondary N) is 1. The molecule has 0 unspecified atom stereocenters. The Morgan fingerprint density at radius 3 is 2.52 bits per heavy atom. The van der Waals surface area contributed by atoms with E-state index < -0.39 is 16.0 Å². The van der Waals surface area contributed by atoms with Crippen LogP contribution in [0.25, 0.3) is 0 Å². The molecule has 0 spiro atoms. The molecule has 0 aliphatic carbocycles. The number of aryl methyl sites for hydroxylation is 1. The fourth-order valence-electron chi connectivity index (χ4n) is 2.97. The van der Waals surface area contributed by atoms with Gasteiger partial charge in [-0.05, 0) is 61.0 Å². The number of benzene rings is 3. The summed E-state index contributed by atoms with van der Waals surface area (Å²) in [5, 5.41) is 3.94. The third-order valence-electron chi connectivity index (χ3n) is 4.71. The van der Waals surface area contributed by atoms with Crippen molar-refractivity contribution in [1.82, 2.24) is 5.43 Å². The van der Waals surface area contributed by atoms with Crippen LogP contribution in [0, 0.1) is 6.92 Å². The number of hydrogen-bond acceptors (Lipinski definition) is 8. The van der Waals surface area contributed by atoms with Crippen LogP contribution in [0.3, 0.4) is 0 Å². The molecular weight excluding hydrogens is 448 g/mol. The van der Waals surface area contributed by atoms with E-state index in [4.69, 9.17) is 18.4 Å². The van der Waals surface area contributed by atoms with Gasteiger partial charge in [-0.25, -0.2) is 5.43 Å². The summed E-state index contributed by atoms with van der Waals surface area (Å²) in [4.78, 5) is 12.3. The van der Waals surface area contributed by atoms with E-state index in [1.54, 1.807) is 36.4 Å². The molecule has 0 aromatic heterocycles. The monoisotopic (exact) mass is 468 g/mol. The summed E-state index contributed by atoms with van der Waals surface area (Å²) >= 11 is 0. The van der Waals surface area contributed by atoms with Gasteiger partial charge in [-0.1, -0.05) is 17.7 Å². The van der Waals surface area contributed by atoms with Gasteiger partial charge < -0.3 is 18.4 Å². The summed E-state index contributed by atoms with van der Waals surface area (Å²) in [5.74, 6) is 0.860. The van der Waals surface area contributed by atoms with Crippen LogP contribution in [0.4, 0.5) is 0 Å². The van der Waals surface area contributed by atoms with Crippen LogP contribution in [0.5, 0.6) is 23.0 Å². The topological polar surface area (TPSA) is 113 Å². The largest absolute Gasteiger partial charge is 0.493 e. The second-order valence-corrected chi connectivity index (χ2v) is 8.57. The summed E-state index contributed by atoms with van der Waals surface area (Å²) < 4.78 is 46.1. The van der Waals surface area contributed by atoms with Crippen LogP contribution >= 0.6 is 0 Å². The first-order chi connectivity index (χ1) is 15.9. The Bertz CT molecular complexity index is 1320. The highest BCUT2D eigenvalue weighted by Crippen LogP contribution is 2.32. The summed E-state index contributed by atoms with van der Waals surface area (Å²) in [6.45, 7) is 1.98. The van der Waals surface area contributed by atoms with Gasteiger partial charge in [0.15, 0.2) is 23.0 Å². The predicted molar refractivity (Wildman–Crippen MR) is 120 cm³/mol. The summed E-state index contributed by atoms with van der Waals surface area (Å²) in [6.07, 6.45) is 1.39. The van der Waals surface area contributed by atoms with Crippen molar-refractivity contribution in [2.24, 2.45) is 5.10 Å². The van der Waals surface area contributed by atoms with E-state index >= 15 is 0 Å². The molecule has 1 N–H and O–H groups in total. The van der Waals surface area contributed by atoms with E-state index in [1.807, 2.05) is 6.92 Å². The Morgan fingerprint density at radius 2 is 1.76 bits per heavy atom. The molecule has 9 nitrogen and oxygen atoms in total. The Hall–Kier alpha value is -4.05. The van der Waals surface area contributed by atoms with Crippen molar-refractivity contribution < 1.29 is 31.6 Å². The molecule has 0 saturated heterocycles. The van der Waals surface area contributed by atoms with Crippen LogP contribution in [0.15, 0.2) is 70.7 Å². The minimum atomic E-state index is -4.03. The Balaban J connectivity index is 1.44. The number of hydrogen-bond donors (Lipinski definition) is 1. The van der Waals surface area contributed by atoms with Gasteiger partial charge in [-0.3, -0.25) is 4.79 Å². The highest BCUT2D eigenvalue weighted by Gasteiger charge is 2.19.